The second-order valence-corrected chi connectivity index (χ2v) is 7.12. The van der Waals surface area contributed by atoms with Gasteiger partial charge >= 0.3 is 0 Å². The first-order valence-electron chi connectivity index (χ1n) is 7.80. The van der Waals surface area contributed by atoms with Crippen LogP contribution in [-0.4, -0.2) is 4.98 Å². The van der Waals surface area contributed by atoms with Gasteiger partial charge in [0.2, 0.25) is 0 Å². The summed E-state index contributed by atoms with van der Waals surface area (Å²) in [5, 5.41) is 1.30. The van der Waals surface area contributed by atoms with Crippen LogP contribution in [-0.2, 0) is 0 Å². The smallest absolute Gasteiger partial charge is 0.0705 e. The first-order chi connectivity index (χ1) is 9.81. The van der Waals surface area contributed by atoms with Gasteiger partial charge in [-0.05, 0) is 62.3 Å². The number of nitrogens with zero attached hydrogens (tertiary/aromatic N) is 1. The second kappa shape index (κ2) is 6.01. The van der Waals surface area contributed by atoms with Crippen molar-refractivity contribution in [2.75, 3.05) is 0 Å². The lowest BCUT2D eigenvalue weighted by molar-refractivity contribution is 0.305. The lowest BCUT2D eigenvalue weighted by Crippen LogP contribution is -2.19. The summed E-state index contributed by atoms with van der Waals surface area (Å²) in [5.74, 6) is 0.486. The Morgan fingerprint density at radius 2 is 1.95 bits per heavy atom. The van der Waals surface area contributed by atoms with Crippen molar-refractivity contribution in [1.82, 2.24) is 4.98 Å². The summed E-state index contributed by atoms with van der Waals surface area (Å²) in [6.45, 7) is 13.6. The maximum Gasteiger partial charge on any atom is 0.0705 e. The Morgan fingerprint density at radius 1 is 1.24 bits per heavy atom. The molecule has 0 bridgehead atoms. The van der Waals surface area contributed by atoms with Crippen LogP contribution in [0.25, 0.3) is 10.9 Å². The van der Waals surface area contributed by atoms with Crippen LogP contribution in [0.15, 0.2) is 42.1 Å². The van der Waals surface area contributed by atoms with E-state index in [-0.39, 0.29) is 5.41 Å². The summed E-state index contributed by atoms with van der Waals surface area (Å²) < 4.78 is 0. The molecular weight excluding hydrogens is 254 g/mol. The fraction of sp³-hybridized carbons (Fsp3) is 0.450. The first kappa shape index (κ1) is 15.8. The number of aryl methyl sites for hydroxylation is 1. The number of pyridine rings is 1. The molecule has 0 aliphatic carbocycles. The number of hydrogen-bond donors (Lipinski definition) is 0. The van der Waals surface area contributed by atoms with Crippen LogP contribution in [0.5, 0.6) is 0 Å². The standard InChI is InChI=1S/C20H27N/c1-14(2)9-11-20(5,6)16(4)17-10-12-21-19-8-7-15(3)13-18(17)19/h7-10,12-13,16H,11H2,1-6H3/t16-/m1/s1. The quantitative estimate of drug-likeness (QED) is 0.623. The summed E-state index contributed by atoms with van der Waals surface area (Å²) in [4.78, 5) is 4.51. The predicted molar refractivity (Wildman–Crippen MR) is 92.7 cm³/mol. The van der Waals surface area contributed by atoms with Gasteiger partial charge in [0.1, 0.15) is 0 Å². The molecule has 1 heteroatoms. The van der Waals surface area contributed by atoms with Gasteiger partial charge in [0.25, 0.3) is 0 Å². The molecule has 0 saturated heterocycles. The summed E-state index contributed by atoms with van der Waals surface area (Å²) >= 11 is 0. The number of rotatable bonds is 4. The highest BCUT2D eigenvalue weighted by molar-refractivity contribution is 5.83. The van der Waals surface area contributed by atoms with Gasteiger partial charge in [0, 0.05) is 11.6 Å². The minimum atomic E-state index is 0.231. The predicted octanol–water partition coefficient (Wildman–Crippen LogP) is 6.03. The number of allylic oxidation sites excluding steroid dienone is 2. The van der Waals surface area contributed by atoms with Crippen molar-refractivity contribution in [2.45, 2.75) is 53.9 Å². The molecule has 2 aromatic rings. The molecule has 0 amide bonds. The summed E-state index contributed by atoms with van der Waals surface area (Å²) in [6.07, 6.45) is 5.40. The minimum absolute atomic E-state index is 0.231. The zero-order valence-electron chi connectivity index (χ0n) is 14.2. The van der Waals surface area contributed by atoms with E-state index >= 15 is 0 Å². The van der Waals surface area contributed by atoms with E-state index in [1.165, 1.54) is 22.1 Å². The van der Waals surface area contributed by atoms with Crippen molar-refractivity contribution < 1.29 is 0 Å². The van der Waals surface area contributed by atoms with Gasteiger partial charge in [-0.25, -0.2) is 0 Å². The Morgan fingerprint density at radius 3 is 2.62 bits per heavy atom. The Labute approximate surface area is 129 Å². The highest BCUT2D eigenvalue weighted by atomic mass is 14.6. The van der Waals surface area contributed by atoms with Crippen LogP contribution in [0.4, 0.5) is 0 Å². The number of aromatic nitrogens is 1. The summed E-state index contributed by atoms with van der Waals surface area (Å²) in [5.41, 5.74) is 5.44. The maximum absolute atomic E-state index is 4.51. The van der Waals surface area contributed by atoms with Crippen LogP contribution in [0.3, 0.4) is 0 Å². The zero-order chi connectivity index (χ0) is 15.6. The fourth-order valence-corrected chi connectivity index (χ4v) is 2.72. The zero-order valence-corrected chi connectivity index (χ0v) is 14.2. The van der Waals surface area contributed by atoms with Gasteiger partial charge in [-0.1, -0.05) is 44.1 Å². The van der Waals surface area contributed by atoms with Gasteiger partial charge in [0.05, 0.1) is 5.52 Å². The molecular formula is C20H27N. The van der Waals surface area contributed by atoms with Crippen LogP contribution in [0, 0.1) is 12.3 Å². The van der Waals surface area contributed by atoms with Crippen LogP contribution in [0.2, 0.25) is 0 Å². The summed E-state index contributed by atoms with van der Waals surface area (Å²) in [7, 11) is 0. The molecule has 1 aromatic carbocycles. The lowest BCUT2D eigenvalue weighted by atomic mass is 9.73. The second-order valence-electron chi connectivity index (χ2n) is 7.12. The van der Waals surface area contributed by atoms with Gasteiger partial charge in [-0.15, -0.1) is 0 Å². The maximum atomic E-state index is 4.51. The van der Waals surface area contributed by atoms with Gasteiger partial charge in [-0.3, -0.25) is 4.98 Å². The Kier molecular flexibility index (Phi) is 4.51. The van der Waals surface area contributed by atoms with E-state index < -0.39 is 0 Å². The van der Waals surface area contributed by atoms with Crippen molar-refractivity contribution in [3.8, 4) is 0 Å². The lowest BCUT2D eigenvalue weighted by Gasteiger charge is -2.32. The normalized spacial score (nSPS) is 13.2. The molecule has 112 valence electrons. The van der Waals surface area contributed by atoms with Crippen molar-refractivity contribution in [3.05, 3.63) is 53.2 Å². The van der Waals surface area contributed by atoms with Crippen LogP contribution >= 0.6 is 0 Å². The van der Waals surface area contributed by atoms with Gasteiger partial charge in [-0.2, -0.15) is 0 Å². The van der Waals surface area contributed by atoms with Crippen molar-refractivity contribution >= 4 is 10.9 Å². The molecule has 1 aromatic heterocycles. The van der Waals surface area contributed by atoms with E-state index in [1.54, 1.807) is 0 Å². The van der Waals surface area contributed by atoms with Crippen LogP contribution in [0.1, 0.15) is 58.1 Å². The molecule has 0 aliphatic heterocycles. The third-order valence-corrected chi connectivity index (χ3v) is 4.61. The van der Waals surface area contributed by atoms with Gasteiger partial charge in [0.15, 0.2) is 0 Å². The van der Waals surface area contributed by atoms with Crippen molar-refractivity contribution in [1.29, 1.82) is 0 Å². The molecule has 1 nitrogen and oxygen atoms in total. The average molecular weight is 281 g/mol. The molecule has 0 radical (unpaired) electrons. The molecule has 0 saturated carbocycles. The fourth-order valence-electron chi connectivity index (χ4n) is 2.72. The van der Waals surface area contributed by atoms with E-state index in [2.05, 4.69) is 76.9 Å². The highest BCUT2D eigenvalue weighted by Crippen LogP contribution is 2.41. The number of hydrogen-bond acceptors (Lipinski definition) is 1. The van der Waals surface area contributed by atoms with E-state index in [0.29, 0.717) is 5.92 Å². The van der Waals surface area contributed by atoms with Crippen LogP contribution < -0.4 is 0 Å². The van der Waals surface area contributed by atoms with Gasteiger partial charge < -0.3 is 0 Å². The number of fused-ring (bicyclic) bond motifs is 1. The molecule has 0 aliphatic rings. The summed E-state index contributed by atoms with van der Waals surface area (Å²) in [6, 6.07) is 8.73. The molecule has 0 unspecified atom stereocenters. The first-order valence-corrected chi connectivity index (χ1v) is 7.80. The largest absolute Gasteiger partial charge is 0.256 e. The monoisotopic (exact) mass is 281 g/mol. The highest BCUT2D eigenvalue weighted by Gasteiger charge is 2.27. The third-order valence-electron chi connectivity index (χ3n) is 4.61. The van der Waals surface area contributed by atoms with E-state index in [1.807, 2.05) is 6.20 Å². The molecule has 0 spiro atoms. The number of benzene rings is 1. The molecule has 0 fully saturated rings. The topological polar surface area (TPSA) is 12.9 Å². The van der Waals surface area contributed by atoms with E-state index in [9.17, 15) is 0 Å². The van der Waals surface area contributed by atoms with E-state index in [4.69, 9.17) is 0 Å². The SMILES string of the molecule is CC(C)=CCC(C)(C)[C@H](C)c1ccnc2ccc(C)cc12. The average Bonchev–Trinajstić information content (AvgIpc) is 2.43. The minimum Gasteiger partial charge on any atom is -0.256 e. The Bertz CT molecular complexity index is 661. The third kappa shape index (κ3) is 3.53. The Hall–Kier alpha value is -1.63. The van der Waals surface area contributed by atoms with Crippen molar-refractivity contribution in [3.63, 3.8) is 0 Å². The molecule has 2 rings (SSSR count). The molecule has 1 atom stereocenters. The van der Waals surface area contributed by atoms with Crippen molar-refractivity contribution in [2.24, 2.45) is 5.41 Å². The molecule has 0 N–H and O–H groups in total. The Balaban J connectivity index is 2.45. The molecule has 1 heterocycles. The molecule has 21 heavy (non-hydrogen) atoms. The van der Waals surface area contributed by atoms with E-state index in [0.717, 1.165) is 11.9 Å².